The molecule has 0 bridgehead atoms. The van der Waals surface area contributed by atoms with Crippen molar-refractivity contribution in [3.05, 3.63) is 29.8 Å². The topological polar surface area (TPSA) is 50.4 Å². The summed E-state index contributed by atoms with van der Waals surface area (Å²) in [6, 6.07) is 6.39. The van der Waals surface area contributed by atoms with E-state index in [-0.39, 0.29) is 11.7 Å². The summed E-state index contributed by atoms with van der Waals surface area (Å²) in [5, 5.41) is 5.68. The Kier molecular flexibility index (Phi) is 6.81. The molecular formula is C13H18F2N2O2. The molecule has 0 atom stereocenters. The van der Waals surface area contributed by atoms with Gasteiger partial charge < -0.3 is 15.4 Å². The molecule has 6 heteroatoms. The zero-order chi connectivity index (χ0) is 14.1. The Morgan fingerprint density at radius 3 is 2.53 bits per heavy atom. The Labute approximate surface area is 111 Å². The van der Waals surface area contributed by atoms with Crippen molar-refractivity contribution in [2.45, 2.75) is 19.5 Å². The highest BCUT2D eigenvalue weighted by molar-refractivity contribution is 5.76. The number of rotatable bonds is 8. The highest BCUT2D eigenvalue weighted by Crippen LogP contribution is 2.14. The second-order valence-electron chi connectivity index (χ2n) is 3.98. The Bertz CT molecular complexity index is 383. The second kappa shape index (κ2) is 8.42. The van der Waals surface area contributed by atoms with E-state index in [1.807, 2.05) is 0 Å². The average Bonchev–Trinajstić information content (AvgIpc) is 2.38. The summed E-state index contributed by atoms with van der Waals surface area (Å²) in [5.41, 5.74) is 0.954. The summed E-state index contributed by atoms with van der Waals surface area (Å²) in [6.45, 7) is -1.64. The van der Waals surface area contributed by atoms with E-state index in [2.05, 4.69) is 15.4 Å². The van der Waals surface area contributed by atoms with E-state index in [1.165, 1.54) is 12.1 Å². The minimum Gasteiger partial charge on any atom is -0.435 e. The second-order valence-corrected chi connectivity index (χ2v) is 3.98. The summed E-state index contributed by atoms with van der Waals surface area (Å²) in [7, 11) is 1.79. The predicted octanol–water partition coefficient (Wildman–Crippen LogP) is 1.56. The fourth-order valence-corrected chi connectivity index (χ4v) is 1.51. The number of nitrogens with one attached hydrogen (secondary N) is 2. The fraction of sp³-hybridized carbons (Fsp3) is 0.462. The number of carbonyl (C=O) groups is 1. The molecule has 19 heavy (non-hydrogen) atoms. The van der Waals surface area contributed by atoms with Crippen molar-refractivity contribution in [2.24, 2.45) is 0 Å². The summed E-state index contributed by atoms with van der Waals surface area (Å²) >= 11 is 0. The Morgan fingerprint density at radius 1 is 1.26 bits per heavy atom. The molecule has 0 fully saturated rings. The first kappa shape index (κ1) is 15.4. The molecule has 1 rings (SSSR count). The largest absolute Gasteiger partial charge is 0.435 e. The SMILES string of the molecule is CNCCC(=O)NCCc1ccc(OC(F)F)cc1. The number of hydrogen-bond donors (Lipinski definition) is 2. The van der Waals surface area contributed by atoms with E-state index >= 15 is 0 Å². The molecule has 0 aliphatic heterocycles. The van der Waals surface area contributed by atoms with E-state index in [0.717, 1.165) is 5.56 Å². The molecule has 106 valence electrons. The number of alkyl halides is 2. The molecule has 0 aliphatic carbocycles. The van der Waals surface area contributed by atoms with Crippen LogP contribution in [-0.2, 0) is 11.2 Å². The molecule has 0 spiro atoms. The number of carbonyl (C=O) groups excluding carboxylic acids is 1. The monoisotopic (exact) mass is 272 g/mol. The first-order valence-electron chi connectivity index (χ1n) is 6.07. The maximum Gasteiger partial charge on any atom is 0.387 e. The molecule has 4 nitrogen and oxygen atoms in total. The van der Waals surface area contributed by atoms with Crippen LogP contribution in [0.1, 0.15) is 12.0 Å². The van der Waals surface area contributed by atoms with Crippen LogP contribution in [0.2, 0.25) is 0 Å². The lowest BCUT2D eigenvalue weighted by Crippen LogP contribution is -2.28. The van der Waals surface area contributed by atoms with Crippen molar-refractivity contribution in [3.63, 3.8) is 0 Å². The lowest BCUT2D eigenvalue weighted by molar-refractivity contribution is -0.120. The van der Waals surface area contributed by atoms with Crippen molar-refractivity contribution in [2.75, 3.05) is 20.1 Å². The van der Waals surface area contributed by atoms with E-state index in [0.29, 0.717) is 25.9 Å². The van der Waals surface area contributed by atoms with Crippen LogP contribution in [-0.4, -0.2) is 32.7 Å². The number of ether oxygens (including phenoxy) is 1. The molecule has 0 aromatic heterocycles. The maximum atomic E-state index is 11.9. The molecule has 0 saturated heterocycles. The molecule has 0 saturated carbocycles. The third kappa shape index (κ3) is 6.71. The summed E-state index contributed by atoms with van der Waals surface area (Å²) < 4.78 is 28.1. The van der Waals surface area contributed by atoms with Crippen molar-refractivity contribution in [3.8, 4) is 5.75 Å². The molecule has 0 aliphatic rings. The van der Waals surface area contributed by atoms with Crippen molar-refractivity contribution in [1.82, 2.24) is 10.6 Å². The molecule has 0 unspecified atom stereocenters. The fourth-order valence-electron chi connectivity index (χ4n) is 1.51. The van der Waals surface area contributed by atoms with Crippen molar-refractivity contribution in [1.29, 1.82) is 0 Å². The number of halogens is 2. The smallest absolute Gasteiger partial charge is 0.387 e. The maximum absolute atomic E-state index is 11.9. The van der Waals surface area contributed by atoms with Gasteiger partial charge in [0, 0.05) is 19.5 Å². The van der Waals surface area contributed by atoms with Crippen LogP contribution in [0.3, 0.4) is 0 Å². The minimum atomic E-state index is -2.81. The summed E-state index contributed by atoms with van der Waals surface area (Å²) in [5.74, 6) is 0.129. The predicted molar refractivity (Wildman–Crippen MR) is 68.3 cm³/mol. The molecular weight excluding hydrogens is 254 g/mol. The third-order valence-corrected chi connectivity index (χ3v) is 2.49. The highest BCUT2D eigenvalue weighted by Gasteiger charge is 2.04. The first-order valence-corrected chi connectivity index (χ1v) is 6.07. The first-order chi connectivity index (χ1) is 9.11. The number of benzene rings is 1. The van der Waals surface area contributed by atoms with Crippen LogP contribution >= 0.6 is 0 Å². The van der Waals surface area contributed by atoms with Gasteiger partial charge in [-0.2, -0.15) is 8.78 Å². The Hall–Kier alpha value is -1.69. The molecule has 1 aromatic rings. The highest BCUT2D eigenvalue weighted by atomic mass is 19.3. The van der Waals surface area contributed by atoms with Gasteiger partial charge in [-0.25, -0.2) is 0 Å². The van der Waals surface area contributed by atoms with Gasteiger partial charge in [0.05, 0.1) is 0 Å². The van der Waals surface area contributed by atoms with E-state index in [1.54, 1.807) is 19.2 Å². The van der Waals surface area contributed by atoms with Crippen molar-refractivity contribution >= 4 is 5.91 Å². The van der Waals surface area contributed by atoms with E-state index < -0.39 is 6.61 Å². The zero-order valence-corrected chi connectivity index (χ0v) is 10.8. The Balaban J connectivity index is 2.28. The van der Waals surface area contributed by atoms with Gasteiger partial charge in [0.25, 0.3) is 0 Å². The van der Waals surface area contributed by atoms with Gasteiger partial charge >= 0.3 is 6.61 Å². The molecule has 2 N–H and O–H groups in total. The van der Waals surface area contributed by atoms with E-state index in [4.69, 9.17) is 0 Å². The minimum absolute atomic E-state index is 0.00740. The van der Waals surface area contributed by atoms with Gasteiger partial charge in [0.15, 0.2) is 0 Å². The van der Waals surface area contributed by atoms with Crippen LogP contribution in [0.15, 0.2) is 24.3 Å². The third-order valence-electron chi connectivity index (χ3n) is 2.49. The molecule has 0 heterocycles. The van der Waals surface area contributed by atoms with Gasteiger partial charge in [0.1, 0.15) is 5.75 Å². The van der Waals surface area contributed by atoms with Crippen LogP contribution in [0.5, 0.6) is 5.75 Å². The van der Waals surface area contributed by atoms with Gasteiger partial charge in [0.2, 0.25) is 5.91 Å². The molecule has 0 radical (unpaired) electrons. The van der Waals surface area contributed by atoms with Crippen LogP contribution in [0.25, 0.3) is 0 Å². The van der Waals surface area contributed by atoms with Crippen LogP contribution in [0, 0.1) is 0 Å². The van der Waals surface area contributed by atoms with Gasteiger partial charge in [-0.1, -0.05) is 12.1 Å². The van der Waals surface area contributed by atoms with Gasteiger partial charge in [-0.05, 0) is 31.2 Å². The standard InChI is InChI=1S/C13H18F2N2O2/c1-16-8-7-12(18)17-9-6-10-2-4-11(5-3-10)19-13(14)15/h2-5,13,16H,6-9H2,1H3,(H,17,18). The molecule has 1 amide bonds. The quantitative estimate of drug-likeness (QED) is 0.755. The zero-order valence-electron chi connectivity index (χ0n) is 10.8. The van der Waals surface area contributed by atoms with Gasteiger partial charge in [-0.3, -0.25) is 4.79 Å². The number of amides is 1. The summed E-state index contributed by atoms with van der Waals surface area (Å²) in [4.78, 5) is 11.3. The van der Waals surface area contributed by atoms with Gasteiger partial charge in [-0.15, -0.1) is 0 Å². The normalized spacial score (nSPS) is 10.5. The average molecular weight is 272 g/mol. The van der Waals surface area contributed by atoms with Crippen molar-refractivity contribution < 1.29 is 18.3 Å². The van der Waals surface area contributed by atoms with E-state index in [9.17, 15) is 13.6 Å². The lowest BCUT2D eigenvalue weighted by atomic mass is 10.1. The van der Waals surface area contributed by atoms with Crippen LogP contribution < -0.4 is 15.4 Å². The molecule has 1 aromatic carbocycles. The summed E-state index contributed by atoms with van der Waals surface area (Å²) in [6.07, 6.45) is 1.10. The lowest BCUT2D eigenvalue weighted by Gasteiger charge is -2.07. The Morgan fingerprint density at radius 2 is 1.95 bits per heavy atom. The number of hydrogen-bond acceptors (Lipinski definition) is 3. The van der Waals surface area contributed by atoms with Crippen LogP contribution in [0.4, 0.5) is 8.78 Å².